The molecule has 0 bridgehead atoms. The van der Waals surface area contributed by atoms with Crippen molar-refractivity contribution >= 4 is 5.97 Å². The summed E-state index contributed by atoms with van der Waals surface area (Å²) in [4.78, 5) is 13.3. The fourth-order valence-electron chi connectivity index (χ4n) is 1.83. The van der Waals surface area contributed by atoms with Gasteiger partial charge < -0.3 is 9.84 Å². The molecule has 2 unspecified atom stereocenters. The zero-order chi connectivity index (χ0) is 12.8. The van der Waals surface area contributed by atoms with Gasteiger partial charge >= 0.3 is 5.97 Å². The third kappa shape index (κ3) is 3.76. The molecular weight excluding hydrogens is 206 g/mol. The highest BCUT2D eigenvalue weighted by Gasteiger charge is 2.38. The van der Waals surface area contributed by atoms with Crippen molar-refractivity contribution in [3.05, 3.63) is 0 Å². The van der Waals surface area contributed by atoms with Crippen LogP contribution in [0.4, 0.5) is 0 Å². The Hall–Kier alpha value is -0.610. The van der Waals surface area contributed by atoms with Crippen molar-refractivity contribution in [2.45, 2.75) is 51.6 Å². The third-order valence-electron chi connectivity index (χ3n) is 3.40. The number of likely N-dealkylation sites (N-methyl/N-ethyl adjacent to an activating group) is 1. The van der Waals surface area contributed by atoms with Crippen LogP contribution in [-0.4, -0.2) is 48.3 Å². The van der Waals surface area contributed by atoms with Gasteiger partial charge in [0, 0.05) is 19.8 Å². The number of hydrogen-bond acceptors (Lipinski definition) is 3. The lowest BCUT2D eigenvalue weighted by molar-refractivity contribution is -0.152. The van der Waals surface area contributed by atoms with Gasteiger partial charge in [-0.2, -0.15) is 0 Å². The van der Waals surface area contributed by atoms with Gasteiger partial charge in [-0.3, -0.25) is 9.69 Å². The van der Waals surface area contributed by atoms with E-state index in [0.717, 1.165) is 12.8 Å². The van der Waals surface area contributed by atoms with Gasteiger partial charge in [0.1, 0.15) is 5.54 Å². The summed E-state index contributed by atoms with van der Waals surface area (Å²) in [7, 11) is 3.47. The average molecular weight is 231 g/mol. The van der Waals surface area contributed by atoms with E-state index in [0.29, 0.717) is 13.0 Å². The van der Waals surface area contributed by atoms with Gasteiger partial charge in [0.15, 0.2) is 0 Å². The molecular formula is C12H25NO3. The summed E-state index contributed by atoms with van der Waals surface area (Å²) >= 11 is 0. The third-order valence-corrected chi connectivity index (χ3v) is 3.40. The lowest BCUT2D eigenvalue weighted by Crippen LogP contribution is -2.54. The maximum absolute atomic E-state index is 11.4. The van der Waals surface area contributed by atoms with E-state index >= 15 is 0 Å². The molecule has 2 atom stereocenters. The van der Waals surface area contributed by atoms with Gasteiger partial charge in [0.2, 0.25) is 0 Å². The molecule has 0 spiro atoms. The van der Waals surface area contributed by atoms with E-state index in [4.69, 9.17) is 4.74 Å². The highest BCUT2D eigenvalue weighted by molar-refractivity contribution is 5.78. The van der Waals surface area contributed by atoms with Crippen molar-refractivity contribution in [1.82, 2.24) is 4.90 Å². The van der Waals surface area contributed by atoms with Gasteiger partial charge in [-0.05, 0) is 33.7 Å². The van der Waals surface area contributed by atoms with Crippen LogP contribution in [-0.2, 0) is 9.53 Å². The fourth-order valence-corrected chi connectivity index (χ4v) is 1.83. The number of aliphatic carboxylic acids is 1. The van der Waals surface area contributed by atoms with E-state index in [9.17, 15) is 9.90 Å². The van der Waals surface area contributed by atoms with E-state index in [1.807, 2.05) is 11.9 Å². The summed E-state index contributed by atoms with van der Waals surface area (Å²) in [5, 5.41) is 9.35. The SMILES string of the molecule is CCCC(C)N(C)C(C)(CCOC)C(=O)O. The monoisotopic (exact) mass is 231 g/mol. The largest absolute Gasteiger partial charge is 0.480 e. The number of carbonyl (C=O) groups is 1. The van der Waals surface area contributed by atoms with Gasteiger partial charge in [-0.25, -0.2) is 0 Å². The molecule has 0 saturated carbocycles. The zero-order valence-corrected chi connectivity index (χ0v) is 11.1. The molecule has 0 saturated heterocycles. The quantitative estimate of drug-likeness (QED) is 0.694. The standard InChI is InChI=1S/C12H25NO3/c1-6-7-10(2)13(4)12(3,11(14)15)8-9-16-5/h10H,6-9H2,1-5H3,(H,14,15). The number of methoxy groups -OCH3 is 1. The van der Waals surface area contributed by atoms with Crippen LogP contribution >= 0.6 is 0 Å². The Labute approximate surface area is 98.6 Å². The Kier molecular flexibility index (Phi) is 6.60. The summed E-state index contributed by atoms with van der Waals surface area (Å²) < 4.78 is 4.99. The number of hydrogen-bond donors (Lipinski definition) is 1. The molecule has 0 aromatic rings. The van der Waals surface area contributed by atoms with Crippen molar-refractivity contribution in [3.63, 3.8) is 0 Å². The van der Waals surface area contributed by atoms with Crippen LogP contribution in [0.2, 0.25) is 0 Å². The minimum Gasteiger partial charge on any atom is -0.480 e. The molecule has 16 heavy (non-hydrogen) atoms. The Bertz CT molecular complexity index is 220. The lowest BCUT2D eigenvalue weighted by atomic mass is 9.94. The van der Waals surface area contributed by atoms with Crippen LogP contribution < -0.4 is 0 Å². The first kappa shape index (κ1) is 15.4. The molecule has 0 rings (SSSR count). The lowest BCUT2D eigenvalue weighted by Gasteiger charge is -2.39. The van der Waals surface area contributed by atoms with Crippen molar-refractivity contribution in [2.75, 3.05) is 20.8 Å². The predicted octanol–water partition coefficient (Wildman–Crippen LogP) is 1.99. The normalized spacial score (nSPS) is 17.1. The molecule has 4 heteroatoms. The zero-order valence-electron chi connectivity index (χ0n) is 11.1. The van der Waals surface area contributed by atoms with Gasteiger partial charge in [0.25, 0.3) is 0 Å². The second-order valence-electron chi connectivity index (χ2n) is 4.57. The van der Waals surface area contributed by atoms with E-state index in [2.05, 4.69) is 13.8 Å². The Morgan fingerprint density at radius 1 is 1.56 bits per heavy atom. The Balaban J connectivity index is 4.68. The molecule has 1 N–H and O–H groups in total. The Morgan fingerprint density at radius 2 is 2.12 bits per heavy atom. The van der Waals surface area contributed by atoms with Crippen LogP contribution in [0, 0.1) is 0 Å². The summed E-state index contributed by atoms with van der Waals surface area (Å²) in [5.74, 6) is -0.782. The maximum atomic E-state index is 11.4. The molecule has 0 aliphatic heterocycles. The summed E-state index contributed by atoms with van der Waals surface area (Å²) in [6.07, 6.45) is 2.57. The molecule has 0 heterocycles. The molecule has 0 fully saturated rings. The van der Waals surface area contributed by atoms with Gasteiger partial charge in [0.05, 0.1) is 0 Å². The Morgan fingerprint density at radius 3 is 2.50 bits per heavy atom. The van der Waals surface area contributed by atoms with Crippen LogP contribution in [0.25, 0.3) is 0 Å². The van der Waals surface area contributed by atoms with E-state index in [1.54, 1.807) is 14.0 Å². The number of rotatable bonds is 8. The molecule has 0 aromatic carbocycles. The van der Waals surface area contributed by atoms with Gasteiger partial charge in [-0.1, -0.05) is 13.3 Å². The first-order chi connectivity index (χ1) is 7.40. The minimum absolute atomic E-state index is 0.267. The molecule has 0 amide bonds. The van der Waals surface area contributed by atoms with Crippen LogP contribution in [0.5, 0.6) is 0 Å². The maximum Gasteiger partial charge on any atom is 0.323 e. The highest BCUT2D eigenvalue weighted by atomic mass is 16.5. The second-order valence-corrected chi connectivity index (χ2v) is 4.57. The van der Waals surface area contributed by atoms with Crippen molar-refractivity contribution in [3.8, 4) is 0 Å². The fraction of sp³-hybridized carbons (Fsp3) is 0.917. The number of carboxylic acids is 1. The molecule has 0 aliphatic rings. The topological polar surface area (TPSA) is 49.8 Å². The molecule has 0 aliphatic carbocycles. The molecule has 0 aromatic heterocycles. The predicted molar refractivity (Wildman–Crippen MR) is 64.7 cm³/mol. The molecule has 0 radical (unpaired) electrons. The average Bonchev–Trinajstić information content (AvgIpc) is 2.24. The highest BCUT2D eigenvalue weighted by Crippen LogP contribution is 2.22. The van der Waals surface area contributed by atoms with Crippen molar-refractivity contribution in [2.24, 2.45) is 0 Å². The first-order valence-corrected chi connectivity index (χ1v) is 5.85. The molecule has 96 valence electrons. The number of nitrogens with zero attached hydrogens (tertiary/aromatic N) is 1. The van der Waals surface area contributed by atoms with Gasteiger partial charge in [-0.15, -0.1) is 0 Å². The van der Waals surface area contributed by atoms with E-state index in [1.165, 1.54) is 0 Å². The van der Waals surface area contributed by atoms with Crippen molar-refractivity contribution in [1.29, 1.82) is 0 Å². The number of ether oxygens (including phenoxy) is 1. The summed E-state index contributed by atoms with van der Waals surface area (Å²) in [6, 6.07) is 0.267. The van der Waals surface area contributed by atoms with Crippen LogP contribution in [0.1, 0.15) is 40.0 Å². The van der Waals surface area contributed by atoms with E-state index in [-0.39, 0.29) is 6.04 Å². The second kappa shape index (κ2) is 6.86. The first-order valence-electron chi connectivity index (χ1n) is 5.85. The summed E-state index contributed by atoms with van der Waals surface area (Å²) in [6.45, 7) is 6.40. The molecule has 4 nitrogen and oxygen atoms in total. The number of carboxylic acid groups (broad SMARTS) is 1. The van der Waals surface area contributed by atoms with Crippen LogP contribution in [0.3, 0.4) is 0 Å². The van der Waals surface area contributed by atoms with E-state index < -0.39 is 11.5 Å². The van der Waals surface area contributed by atoms with Crippen molar-refractivity contribution < 1.29 is 14.6 Å². The minimum atomic E-state index is -0.843. The smallest absolute Gasteiger partial charge is 0.323 e. The van der Waals surface area contributed by atoms with Crippen LogP contribution in [0.15, 0.2) is 0 Å². The summed E-state index contributed by atoms with van der Waals surface area (Å²) in [5.41, 5.74) is -0.843.